The Morgan fingerprint density at radius 1 is 0.235 bits per heavy atom. The summed E-state index contributed by atoms with van der Waals surface area (Å²) in [6.07, 6.45) is 2.67. The van der Waals surface area contributed by atoms with Crippen LogP contribution in [0.3, 0.4) is 0 Å². The summed E-state index contributed by atoms with van der Waals surface area (Å²) in [6.45, 7) is 38.7. The Kier molecular flexibility index (Phi) is 22.0. The van der Waals surface area contributed by atoms with E-state index in [-0.39, 0.29) is 50.7 Å². The average molecular weight is 1350 g/mol. The van der Waals surface area contributed by atoms with E-state index in [0.29, 0.717) is 0 Å². The highest BCUT2D eigenvalue weighted by molar-refractivity contribution is 5.80. The topological polar surface area (TPSA) is 121 Å². The van der Waals surface area contributed by atoms with Gasteiger partial charge in [-0.15, -0.1) is 0 Å². The van der Waals surface area contributed by atoms with E-state index in [9.17, 15) is 30.6 Å². The quantitative estimate of drug-likeness (QED) is 0.0608. The molecule has 0 saturated heterocycles. The first kappa shape index (κ1) is 74.1. The van der Waals surface area contributed by atoms with Crippen LogP contribution in [-0.2, 0) is 22.7 Å². The standard InChI is InChI=1S/C33H36O2.C32H34O2.C31H32O2/c1-21-13-22(2)16-26(15-21)30-19-28(34)8-7-25(30)11-12-33(5,6)32-10-9-29(35)20-31(32)27-17-23(3)14-24(4)18-27;1-7-32(6,30-10-8-26(33)18-28(30)24-14-20(2)12-21(3)15-24)31-11-9-27(34)19-29(31)25-16-22(4)13-23(5)17-25;1-19-11-20(2)14-23(13-19)27-17-25(32)7-9-29(27)31(5,6)30-10-8-26(33)18-28(30)24-15-21(3)12-22(4)16-24/h7-10,13-20,34-35H,11-12H2,1-6H3;8-19,33-34H,7H2,1-6H3;7-18,32-33H,1-6H3. The van der Waals surface area contributed by atoms with Crippen LogP contribution < -0.4 is 0 Å². The number of phenolic OH excluding ortho intramolecular Hbond substituents is 6. The van der Waals surface area contributed by atoms with Crippen LogP contribution in [0.25, 0.3) is 66.8 Å². The van der Waals surface area contributed by atoms with Gasteiger partial charge in [-0.25, -0.2) is 0 Å². The predicted octanol–water partition coefficient (Wildman–Crippen LogP) is 24.9. The minimum atomic E-state index is -0.388. The van der Waals surface area contributed by atoms with Gasteiger partial charge in [0.15, 0.2) is 0 Å². The zero-order chi connectivity index (χ0) is 73.9. The van der Waals surface area contributed by atoms with E-state index in [1.807, 2.05) is 48.5 Å². The minimum Gasteiger partial charge on any atom is -0.508 e. The molecule has 12 aromatic rings. The van der Waals surface area contributed by atoms with Crippen molar-refractivity contribution in [1.29, 1.82) is 0 Å². The molecule has 0 unspecified atom stereocenters. The van der Waals surface area contributed by atoms with Gasteiger partial charge < -0.3 is 30.6 Å². The molecular formula is C96H102O6. The van der Waals surface area contributed by atoms with Crippen molar-refractivity contribution >= 4 is 0 Å². The smallest absolute Gasteiger partial charge is 0.116 e. The molecule has 0 spiro atoms. The van der Waals surface area contributed by atoms with Gasteiger partial charge >= 0.3 is 0 Å². The van der Waals surface area contributed by atoms with Gasteiger partial charge in [0.1, 0.15) is 34.5 Å². The van der Waals surface area contributed by atoms with E-state index in [4.69, 9.17) is 0 Å². The molecule has 0 radical (unpaired) electrons. The normalized spacial score (nSPS) is 11.6. The zero-order valence-electron chi connectivity index (χ0n) is 63.1. The highest BCUT2D eigenvalue weighted by Crippen LogP contribution is 2.49. The zero-order valence-corrected chi connectivity index (χ0v) is 63.1. The van der Waals surface area contributed by atoms with Gasteiger partial charge in [-0.3, -0.25) is 0 Å². The lowest BCUT2D eigenvalue weighted by molar-refractivity contribution is 0.466. The van der Waals surface area contributed by atoms with Crippen LogP contribution >= 0.6 is 0 Å². The summed E-state index contributed by atoms with van der Waals surface area (Å²) in [5, 5.41) is 62.2. The summed E-state index contributed by atoms with van der Waals surface area (Å²) in [5.74, 6) is 1.60. The SMILES string of the molecule is CCC(C)(c1ccc(O)cc1-c1cc(C)cc(C)c1)c1ccc(O)cc1-c1cc(C)cc(C)c1.Cc1cc(C)cc(-c2cc(O)ccc2C(C)(C)c2ccc(O)cc2-c2cc(C)cc(C)c2)c1.Cc1cc(C)cc(-c2cc(O)ccc2CCC(C)(C)c2ccc(O)cc2-c2cc(C)cc(C)c2)c1. The number of aromatic hydroxyl groups is 6. The van der Waals surface area contributed by atoms with Gasteiger partial charge in [0.2, 0.25) is 0 Å². The first-order valence-electron chi connectivity index (χ1n) is 35.7. The number of phenols is 6. The van der Waals surface area contributed by atoms with Gasteiger partial charge in [0.05, 0.1) is 0 Å². The Morgan fingerprint density at radius 2 is 0.441 bits per heavy atom. The molecule has 0 amide bonds. The third-order valence-electron chi connectivity index (χ3n) is 20.3. The molecule has 0 heterocycles. The monoisotopic (exact) mass is 1350 g/mol. The van der Waals surface area contributed by atoms with E-state index in [1.54, 1.807) is 36.4 Å². The lowest BCUT2D eigenvalue weighted by atomic mass is 9.69. The largest absolute Gasteiger partial charge is 0.508 e. The molecule has 0 atom stereocenters. The van der Waals surface area contributed by atoms with E-state index in [0.717, 1.165) is 108 Å². The summed E-state index contributed by atoms with van der Waals surface area (Å²) in [6, 6.07) is 73.5. The van der Waals surface area contributed by atoms with Crippen LogP contribution in [0.1, 0.15) is 155 Å². The maximum atomic E-state index is 10.4. The van der Waals surface area contributed by atoms with Crippen LogP contribution in [0, 0.1) is 83.1 Å². The Hall–Kier alpha value is -10.6. The molecule has 0 bridgehead atoms. The molecule has 0 aliphatic rings. The minimum absolute atomic E-state index is 0.127. The van der Waals surface area contributed by atoms with Crippen molar-refractivity contribution in [2.24, 2.45) is 0 Å². The first-order valence-corrected chi connectivity index (χ1v) is 35.7. The molecule has 0 aliphatic carbocycles. The van der Waals surface area contributed by atoms with Crippen molar-refractivity contribution in [1.82, 2.24) is 0 Å². The highest BCUT2D eigenvalue weighted by Gasteiger charge is 2.34. The fourth-order valence-electron chi connectivity index (χ4n) is 15.6. The molecule has 0 saturated carbocycles. The van der Waals surface area contributed by atoms with Gasteiger partial charge in [-0.05, 0) is 281 Å². The van der Waals surface area contributed by atoms with Crippen LogP contribution in [0.15, 0.2) is 218 Å². The average Bonchev–Trinajstić information content (AvgIpc) is 0.757. The van der Waals surface area contributed by atoms with Gasteiger partial charge in [-0.2, -0.15) is 0 Å². The molecule has 522 valence electrons. The van der Waals surface area contributed by atoms with Crippen molar-refractivity contribution in [2.45, 2.75) is 160 Å². The first-order chi connectivity index (χ1) is 48.2. The van der Waals surface area contributed by atoms with Gasteiger partial charge in [0.25, 0.3) is 0 Å². The van der Waals surface area contributed by atoms with E-state index in [1.165, 1.54) is 77.9 Å². The lowest BCUT2D eigenvalue weighted by Gasteiger charge is -2.34. The molecule has 6 N–H and O–H groups in total. The van der Waals surface area contributed by atoms with Crippen LogP contribution in [-0.4, -0.2) is 30.6 Å². The molecular weight excluding hydrogens is 1250 g/mol. The summed E-state index contributed by atoms with van der Waals surface area (Å²) in [5.41, 5.74) is 33.6. The number of benzene rings is 12. The highest BCUT2D eigenvalue weighted by atomic mass is 16.3. The summed E-state index contributed by atoms with van der Waals surface area (Å²) >= 11 is 0. The Morgan fingerprint density at radius 3 is 0.706 bits per heavy atom. The molecule has 102 heavy (non-hydrogen) atoms. The molecule has 6 heteroatoms. The lowest BCUT2D eigenvalue weighted by Crippen LogP contribution is -2.24. The Bertz CT molecular complexity index is 4770. The van der Waals surface area contributed by atoms with E-state index in [2.05, 4.69) is 258 Å². The third kappa shape index (κ3) is 17.1. The fourth-order valence-corrected chi connectivity index (χ4v) is 15.6. The third-order valence-corrected chi connectivity index (χ3v) is 20.3. The number of hydrogen-bond acceptors (Lipinski definition) is 6. The van der Waals surface area contributed by atoms with Crippen molar-refractivity contribution in [2.75, 3.05) is 0 Å². The summed E-state index contributed by atoms with van der Waals surface area (Å²) in [4.78, 5) is 0. The van der Waals surface area contributed by atoms with Crippen molar-refractivity contribution in [3.63, 3.8) is 0 Å². The number of rotatable bonds is 15. The number of hydrogen-bond donors (Lipinski definition) is 6. The van der Waals surface area contributed by atoms with Crippen LogP contribution in [0.5, 0.6) is 34.5 Å². The van der Waals surface area contributed by atoms with Crippen LogP contribution in [0.2, 0.25) is 0 Å². The summed E-state index contributed by atoms with van der Waals surface area (Å²) < 4.78 is 0. The molecule has 0 fully saturated rings. The molecule has 0 aliphatic heterocycles. The fraction of sp³-hybridized carbons (Fsp3) is 0.250. The molecule has 12 rings (SSSR count). The molecule has 0 aromatic heterocycles. The maximum absolute atomic E-state index is 10.4. The van der Waals surface area contributed by atoms with Crippen molar-refractivity contribution in [3.05, 3.63) is 319 Å². The van der Waals surface area contributed by atoms with Gasteiger partial charge in [0, 0.05) is 10.8 Å². The van der Waals surface area contributed by atoms with E-state index < -0.39 is 0 Å². The van der Waals surface area contributed by atoms with E-state index >= 15 is 0 Å². The second kappa shape index (κ2) is 30.3. The van der Waals surface area contributed by atoms with Crippen molar-refractivity contribution < 1.29 is 30.6 Å². The summed E-state index contributed by atoms with van der Waals surface area (Å²) in [7, 11) is 0. The number of aryl methyl sites for hydroxylation is 13. The van der Waals surface area contributed by atoms with Crippen LogP contribution in [0.4, 0.5) is 0 Å². The molecule has 6 nitrogen and oxygen atoms in total. The predicted molar refractivity (Wildman–Crippen MR) is 428 cm³/mol. The Labute approximate surface area is 607 Å². The molecule has 12 aromatic carbocycles. The second-order valence-corrected chi connectivity index (χ2v) is 30.4. The second-order valence-electron chi connectivity index (χ2n) is 30.4. The van der Waals surface area contributed by atoms with Gasteiger partial charge in [-0.1, -0.05) is 254 Å². The maximum Gasteiger partial charge on any atom is 0.116 e. The van der Waals surface area contributed by atoms with Crippen molar-refractivity contribution in [3.8, 4) is 101 Å². The Balaban J connectivity index is 0.000000165.